The van der Waals surface area contributed by atoms with E-state index in [0.717, 1.165) is 16.5 Å². The van der Waals surface area contributed by atoms with Crippen LogP contribution < -0.4 is 0 Å². The molecule has 0 radical (unpaired) electrons. The van der Waals surface area contributed by atoms with E-state index in [0.29, 0.717) is 18.8 Å². The average molecular weight is 322 g/mol. The summed E-state index contributed by atoms with van der Waals surface area (Å²) < 4.78 is 0. The number of nitrogens with zero attached hydrogens (tertiary/aromatic N) is 1. The van der Waals surface area contributed by atoms with Crippen LogP contribution in [0.15, 0.2) is 60.7 Å². The number of aliphatic hydroxyl groups excluding tert-OH is 1. The molecule has 4 heteroatoms. The first-order valence-electron chi connectivity index (χ1n) is 8.19. The van der Waals surface area contributed by atoms with Crippen molar-refractivity contribution in [1.82, 2.24) is 9.88 Å². The Hall–Kier alpha value is -2.59. The van der Waals surface area contributed by atoms with Gasteiger partial charge in [-0.1, -0.05) is 55.5 Å². The van der Waals surface area contributed by atoms with Crippen LogP contribution in [-0.4, -0.2) is 34.0 Å². The standard InChI is InChI=1S/C20H22N2O2/c1-15(14-23)12-22(13-16-7-3-2-4-8-16)20(24)19-11-17-9-5-6-10-18(17)21-19/h2-11,15,21,23H,12-14H2,1H3/t15-/m1/s1. The summed E-state index contributed by atoms with van der Waals surface area (Å²) in [5, 5.41) is 10.4. The van der Waals surface area contributed by atoms with Crippen LogP contribution in [0.3, 0.4) is 0 Å². The number of H-pyrrole nitrogens is 1. The zero-order valence-electron chi connectivity index (χ0n) is 13.8. The predicted molar refractivity (Wildman–Crippen MR) is 95.7 cm³/mol. The number of aliphatic hydroxyl groups is 1. The number of hydrogen-bond donors (Lipinski definition) is 2. The van der Waals surface area contributed by atoms with E-state index in [4.69, 9.17) is 0 Å². The highest BCUT2D eigenvalue weighted by molar-refractivity contribution is 5.98. The molecule has 0 spiro atoms. The topological polar surface area (TPSA) is 56.3 Å². The van der Waals surface area contributed by atoms with Crippen molar-refractivity contribution in [2.75, 3.05) is 13.2 Å². The summed E-state index contributed by atoms with van der Waals surface area (Å²) in [5.41, 5.74) is 2.61. The Balaban J connectivity index is 1.86. The van der Waals surface area contributed by atoms with Gasteiger partial charge in [-0.05, 0) is 23.6 Å². The highest BCUT2D eigenvalue weighted by Gasteiger charge is 2.20. The lowest BCUT2D eigenvalue weighted by atomic mass is 10.1. The molecule has 1 heterocycles. The van der Waals surface area contributed by atoms with E-state index in [1.54, 1.807) is 4.90 Å². The third kappa shape index (κ3) is 3.66. The molecule has 1 aromatic heterocycles. The Morgan fingerprint density at radius 1 is 1.12 bits per heavy atom. The molecule has 3 rings (SSSR count). The molecule has 0 saturated heterocycles. The van der Waals surface area contributed by atoms with Gasteiger partial charge in [0.1, 0.15) is 5.69 Å². The molecule has 3 aromatic rings. The van der Waals surface area contributed by atoms with Crippen LogP contribution in [-0.2, 0) is 6.54 Å². The maximum absolute atomic E-state index is 13.0. The number of nitrogens with one attached hydrogen (secondary N) is 1. The van der Waals surface area contributed by atoms with Crippen molar-refractivity contribution in [2.45, 2.75) is 13.5 Å². The summed E-state index contributed by atoms with van der Waals surface area (Å²) in [4.78, 5) is 18.0. The summed E-state index contributed by atoms with van der Waals surface area (Å²) in [5.74, 6) is -0.0163. The molecule has 4 nitrogen and oxygen atoms in total. The summed E-state index contributed by atoms with van der Waals surface area (Å²) in [6, 6.07) is 19.7. The number of para-hydroxylation sites is 1. The molecule has 1 atom stereocenters. The van der Waals surface area contributed by atoms with Crippen molar-refractivity contribution in [2.24, 2.45) is 5.92 Å². The average Bonchev–Trinajstić information content (AvgIpc) is 3.05. The summed E-state index contributed by atoms with van der Waals surface area (Å²) in [6.07, 6.45) is 0. The van der Waals surface area contributed by atoms with Gasteiger partial charge in [-0.3, -0.25) is 4.79 Å². The third-order valence-electron chi connectivity index (χ3n) is 4.11. The molecule has 0 saturated carbocycles. The predicted octanol–water partition coefficient (Wildman–Crippen LogP) is 3.44. The van der Waals surface area contributed by atoms with E-state index in [2.05, 4.69) is 4.98 Å². The van der Waals surface area contributed by atoms with Crippen LogP contribution in [0.4, 0.5) is 0 Å². The van der Waals surface area contributed by atoms with Crippen molar-refractivity contribution < 1.29 is 9.90 Å². The molecule has 0 aliphatic heterocycles. The first kappa shape index (κ1) is 16.3. The zero-order chi connectivity index (χ0) is 16.9. The van der Waals surface area contributed by atoms with Crippen molar-refractivity contribution in [3.05, 3.63) is 71.9 Å². The fourth-order valence-corrected chi connectivity index (χ4v) is 2.82. The molecule has 124 valence electrons. The van der Waals surface area contributed by atoms with Crippen molar-refractivity contribution in [1.29, 1.82) is 0 Å². The summed E-state index contributed by atoms with van der Waals surface area (Å²) >= 11 is 0. The first-order chi connectivity index (χ1) is 11.7. The van der Waals surface area contributed by atoms with Gasteiger partial charge < -0.3 is 15.0 Å². The fourth-order valence-electron chi connectivity index (χ4n) is 2.82. The van der Waals surface area contributed by atoms with Gasteiger partial charge in [0.05, 0.1) is 0 Å². The quantitative estimate of drug-likeness (QED) is 0.730. The monoisotopic (exact) mass is 322 g/mol. The Morgan fingerprint density at radius 3 is 2.54 bits per heavy atom. The van der Waals surface area contributed by atoms with Gasteiger partial charge in [0.25, 0.3) is 5.91 Å². The Morgan fingerprint density at radius 2 is 1.83 bits per heavy atom. The van der Waals surface area contributed by atoms with E-state index in [1.807, 2.05) is 67.6 Å². The number of carbonyl (C=O) groups is 1. The number of rotatable bonds is 6. The molecule has 0 aliphatic carbocycles. The molecule has 24 heavy (non-hydrogen) atoms. The second kappa shape index (κ2) is 7.32. The van der Waals surface area contributed by atoms with Crippen molar-refractivity contribution >= 4 is 16.8 Å². The van der Waals surface area contributed by atoms with E-state index in [1.165, 1.54) is 0 Å². The van der Waals surface area contributed by atoms with Gasteiger partial charge in [-0.15, -0.1) is 0 Å². The van der Waals surface area contributed by atoms with Gasteiger partial charge in [-0.25, -0.2) is 0 Å². The molecule has 0 fully saturated rings. The maximum atomic E-state index is 13.0. The second-order valence-corrected chi connectivity index (χ2v) is 6.23. The lowest BCUT2D eigenvalue weighted by Crippen LogP contribution is -2.35. The largest absolute Gasteiger partial charge is 0.396 e. The van der Waals surface area contributed by atoms with Crippen LogP contribution in [0.2, 0.25) is 0 Å². The second-order valence-electron chi connectivity index (χ2n) is 6.23. The van der Waals surface area contributed by atoms with Gasteiger partial charge in [0.15, 0.2) is 0 Å². The van der Waals surface area contributed by atoms with E-state index in [-0.39, 0.29) is 18.4 Å². The van der Waals surface area contributed by atoms with E-state index in [9.17, 15) is 9.90 Å². The third-order valence-corrected chi connectivity index (χ3v) is 4.11. The fraction of sp³-hybridized carbons (Fsp3) is 0.250. The molecular weight excluding hydrogens is 300 g/mol. The smallest absolute Gasteiger partial charge is 0.270 e. The summed E-state index contributed by atoms with van der Waals surface area (Å²) in [6.45, 7) is 3.04. The minimum atomic E-state index is -0.0460. The minimum absolute atomic E-state index is 0.0297. The Kier molecular flexibility index (Phi) is 4.96. The van der Waals surface area contributed by atoms with Crippen LogP contribution in [0.1, 0.15) is 23.0 Å². The molecule has 1 amide bonds. The van der Waals surface area contributed by atoms with E-state index >= 15 is 0 Å². The molecule has 0 unspecified atom stereocenters. The van der Waals surface area contributed by atoms with Gasteiger partial charge in [0, 0.05) is 30.6 Å². The Labute approximate surface area is 141 Å². The molecule has 0 aliphatic rings. The van der Waals surface area contributed by atoms with Gasteiger partial charge >= 0.3 is 0 Å². The summed E-state index contributed by atoms with van der Waals surface area (Å²) in [7, 11) is 0. The number of fused-ring (bicyclic) bond motifs is 1. The number of carbonyl (C=O) groups excluding carboxylic acids is 1. The number of benzene rings is 2. The van der Waals surface area contributed by atoms with Crippen LogP contribution in [0.25, 0.3) is 10.9 Å². The first-order valence-corrected chi connectivity index (χ1v) is 8.19. The number of amides is 1. The van der Waals surface area contributed by atoms with Crippen molar-refractivity contribution in [3.8, 4) is 0 Å². The normalized spacial score (nSPS) is 12.2. The lowest BCUT2D eigenvalue weighted by molar-refractivity contribution is 0.0689. The Bertz CT molecular complexity index is 778. The molecular formula is C20H22N2O2. The van der Waals surface area contributed by atoms with Gasteiger partial charge in [-0.2, -0.15) is 0 Å². The number of hydrogen-bond acceptors (Lipinski definition) is 2. The number of aromatic amines is 1. The SMILES string of the molecule is C[C@@H](CO)CN(Cc1ccccc1)C(=O)c1cc2ccccc2[nH]1. The van der Waals surface area contributed by atoms with Crippen LogP contribution in [0.5, 0.6) is 0 Å². The van der Waals surface area contributed by atoms with E-state index < -0.39 is 0 Å². The van der Waals surface area contributed by atoms with Crippen LogP contribution >= 0.6 is 0 Å². The lowest BCUT2D eigenvalue weighted by Gasteiger charge is -2.25. The van der Waals surface area contributed by atoms with Crippen LogP contribution in [0, 0.1) is 5.92 Å². The molecule has 2 N–H and O–H groups in total. The number of aromatic nitrogens is 1. The maximum Gasteiger partial charge on any atom is 0.270 e. The highest BCUT2D eigenvalue weighted by atomic mass is 16.3. The highest BCUT2D eigenvalue weighted by Crippen LogP contribution is 2.18. The molecule has 2 aromatic carbocycles. The zero-order valence-corrected chi connectivity index (χ0v) is 13.8. The van der Waals surface area contributed by atoms with Crippen molar-refractivity contribution in [3.63, 3.8) is 0 Å². The minimum Gasteiger partial charge on any atom is -0.396 e. The van der Waals surface area contributed by atoms with Gasteiger partial charge in [0.2, 0.25) is 0 Å². The molecule has 0 bridgehead atoms.